The molecule has 0 radical (unpaired) electrons. The summed E-state index contributed by atoms with van der Waals surface area (Å²) in [5, 5.41) is 3.48. The molecule has 2 rings (SSSR count). The van der Waals surface area contributed by atoms with Crippen molar-refractivity contribution in [3.63, 3.8) is 0 Å². The Morgan fingerprint density at radius 2 is 2.10 bits per heavy atom. The first-order chi connectivity index (χ1) is 10.0. The number of nitrogens with zero attached hydrogens (tertiary/aromatic N) is 1. The summed E-state index contributed by atoms with van der Waals surface area (Å²) in [5.74, 6) is 1.79. The summed E-state index contributed by atoms with van der Waals surface area (Å²) in [7, 11) is 3.80. The van der Waals surface area contributed by atoms with E-state index in [0.717, 1.165) is 18.2 Å². The summed E-state index contributed by atoms with van der Waals surface area (Å²) in [6.07, 6.45) is 2.66. The third-order valence-electron chi connectivity index (χ3n) is 4.77. The molecule has 3 heteroatoms. The molecule has 1 heterocycles. The monoisotopic (exact) mass is 290 g/mol. The lowest BCUT2D eigenvalue weighted by Gasteiger charge is -2.39. The van der Waals surface area contributed by atoms with Crippen molar-refractivity contribution >= 4 is 0 Å². The van der Waals surface area contributed by atoms with Gasteiger partial charge in [0.15, 0.2) is 0 Å². The average Bonchev–Trinajstić information content (AvgIpc) is 2.48. The number of likely N-dealkylation sites (N-methyl/N-ethyl adjacent to an activating group) is 1. The molecule has 118 valence electrons. The molecule has 0 aliphatic carbocycles. The molecule has 1 fully saturated rings. The van der Waals surface area contributed by atoms with Crippen molar-refractivity contribution in [3.05, 3.63) is 29.3 Å². The van der Waals surface area contributed by atoms with E-state index in [2.05, 4.69) is 49.2 Å². The van der Waals surface area contributed by atoms with Crippen LogP contribution in [-0.2, 0) is 0 Å². The van der Waals surface area contributed by atoms with Crippen molar-refractivity contribution in [3.8, 4) is 5.75 Å². The Labute approximate surface area is 129 Å². The predicted molar refractivity (Wildman–Crippen MR) is 89.0 cm³/mol. The summed E-state index contributed by atoms with van der Waals surface area (Å²) in [6, 6.07) is 7.43. The van der Waals surface area contributed by atoms with Crippen molar-refractivity contribution < 1.29 is 4.74 Å². The average molecular weight is 290 g/mol. The second kappa shape index (κ2) is 7.28. The van der Waals surface area contributed by atoms with Gasteiger partial charge >= 0.3 is 0 Å². The van der Waals surface area contributed by atoms with Crippen molar-refractivity contribution in [2.24, 2.45) is 5.92 Å². The van der Waals surface area contributed by atoms with Gasteiger partial charge in [-0.3, -0.25) is 4.90 Å². The highest BCUT2D eigenvalue weighted by atomic mass is 16.5. The maximum absolute atomic E-state index is 5.56. The zero-order valence-electron chi connectivity index (χ0n) is 14.1. The Hall–Kier alpha value is -1.06. The smallest absolute Gasteiger partial charge is 0.123 e. The molecule has 0 bridgehead atoms. The number of hydrogen-bond acceptors (Lipinski definition) is 3. The van der Waals surface area contributed by atoms with E-state index in [9.17, 15) is 0 Å². The molecule has 21 heavy (non-hydrogen) atoms. The zero-order valence-corrected chi connectivity index (χ0v) is 14.1. The second-order valence-electron chi connectivity index (χ2n) is 6.57. The van der Waals surface area contributed by atoms with Gasteiger partial charge < -0.3 is 10.1 Å². The van der Waals surface area contributed by atoms with E-state index >= 15 is 0 Å². The highest BCUT2D eigenvalue weighted by Crippen LogP contribution is 2.29. The van der Waals surface area contributed by atoms with E-state index in [1.54, 1.807) is 7.11 Å². The van der Waals surface area contributed by atoms with Gasteiger partial charge in [0.25, 0.3) is 0 Å². The second-order valence-corrected chi connectivity index (χ2v) is 6.57. The molecule has 1 saturated heterocycles. The topological polar surface area (TPSA) is 24.5 Å². The molecule has 0 amide bonds. The van der Waals surface area contributed by atoms with Crippen LogP contribution in [0.1, 0.15) is 43.9 Å². The number of likely N-dealkylation sites (tertiary alicyclic amines) is 1. The van der Waals surface area contributed by atoms with E-state index in [1.807, 2.05) is 7.05 Å². The zero-order chi connectivity index (χ0) is 15.4. The summed E-state index contributed by atoms with van der Waals surface area (Å²) in [4.78, 5) is 2.62. The summed E-state index contributed by atoms with van der Waals surface area (Å²) < 4.78 is 5.56. The fraction of sp³-hybridized carbons (Fsp3) is 0.667. The van der Waals surface area contributed by atoms with Gasteiger partial charge in [-0.2, -0.15) is 0 Å². The number of ether oxygens (including phenoxy) is 1. The van der Waals surface area contributed by atoms with Crippen LogP contribution in [-0.4, -0.2) is 38.2 Å². The van der Waals surface area contributed by atoms with Gasteiger partial charge in [0, 0.05) is 30.7 Å². The number of aryl methyl sites for hydroxylation is 1. The molecule has 0 spiro atoms. The first-order valence-electron chi connectivity index (χ1n) is 8.11. The minimum atomic E-state index is 0.313. The van der Waals surface area contributed by atoms with Crippen LogP contribution in [0.4, 0.5) is 0 Å². The van der Waals surface area contributed by atoms with Gasteiger partial charge in [0.05, 0.1) is 7.11 Å². The minimum Gasteiger partial charge on any atom is -0.496 e. The SMILES string of the molecule is CNC(CN1CC(C)CCC1C)c1cc(C)ccc1OC. The largest absolute Gasteiger partial charge is 0.496 e. The molecule has 0 saturated carbocycles. The Kier molecular flexibility index (Phi) is 5.65. The van der Waals surface area contributed by atoms with Gasteiger partial charge in [-0.1, -0.05) is 24.6 Å². The molecule has 0 aromatic heterocycles. The van der Waals surface area contributed by atoms with Gasteiger partial charge in [-0.05, 0) is 45.7 Å². The molecule has 1 aromatic carbocycles. The minimum absolute atomic E-state index is 0.313. The molecular formula is C18H30N2O. The van der Waals surface area contributed by atoms with Gasteiger partial charge in [-0.25, -0.2) is 0 Å². The molecule has 1 aliphatic heterocycles. The number of rotatable bonds is 5. The molecule has 3 atom stereocenters. The maximum Gasteiger partial charge on any atom is 0.123 e. The molecular weight excluding hydrogens is 260 g/mol. The van der Waals surface area contributed by atoms with E-state index in [1.165, 1.54) is 30.5 Å². The molecule has 1 aliphatic rings. The lowest BCUT2D eigenvalue weighted by Crippen LogP contribution is -2.45. The lowest BCUT2D eigenvalue weighted by atomic mass is 9.93. The third kappa shape index (κ3) is 3.98. The lowest BCUT2D eigenvalue weighted by molar-refractivity contribution is 0.113. The first-order valence-corrected chi connectivity index (χ1v) is 8.11. The summed E-state index contributed by atoms with van der Waals surface area (Å²) in [6.45, 7) is 9.10. The van der Waals surface area contributed by atoms with Gasteiger partial charge in [0.1, 0.15) is 5.75 Å². The van der Waals surface area contributed by atoms with Crippen LogP contribution in [0.15, 0.2) is 18.2 Å². The highest BCUT2D eigenvalue weighted by molar-refractivity contribution is 5.39. The quantitative estimate of drug-likeness (QED) is 0.899. The molecule has 3 nitrogen and oxygen atoms in total. The molecule has 1 N–H and O–H groups in total. The van der Waals surface area contributed by atoms with E-state index < -0.39 is 0 Å². The number of hydrogen-bond donors (Lipinski definition) is 1. The standard InChI is InChI=1S/C18H30N2O/c1-13-7-9-18(21-5)16(10-13)17(19-4)12-20-11-14(2)6-8-15(20)3/h7,9-10,14-15,17,19H,6,8,11-12H2,1-5H3. The van der Waals surface area contributed by atoms with E-state index in [-0.39, 0.29) is 0 Å². The maximum atomic E-state index is 5.56. The Morgan fingerprint density at radius 1 is 1.33 bits per heavy atom. The predicted octanol–water partition coefficient (Wildman–Crippen LogP) is 3.38. The first kappa shape index (κ1) is 16.3. The Balaban J connectivity index is 2.17. The number of methoxy groups -OCH3 is 1. The van der Waals surface area contributed by atoms with Crippen LogP contribution in [0, 0.1) is 12.8 Å². The summed E-state index contributed by atoms with van der Waals surface area (Å²) >= 11 is 0. The van der Waals surface area contributed by atoms with Crippen LogP contribution < -0.4 is 10.1 Å². The highest BCUT2D eigenvalue weighted by Gasteiger charge is 2.26. The van der Waals surface area contributed by atoms with Crippen molar-refractivity contribution in [2.45, 2.75) is 45.7 Å². The molecule has 1 aromatic rings. The van der Waals surface area contributed by atoms with Gasteiger partial charge in [-0.15, -0.1) is 0 Å². The summed E-state index contributed by atoms with van der Waals surface area (Å²) in [5.41, 5.74) is 2.55. The Bertz CT molecular complexity index is 461. The van der Waals surface area contributed by atoms with Crippen LogP contribution in [0.2, 0.25) is 0 Å². The van der Waals surface area contributed by atoms with Crippen molar-refractivity contribution in [1.82, 2.24) is 10.2 Å². The van der Waals surface area contributed by atoms with Crippen LogP contribution >= 0.6 is 0 Å². The van der Waals surface area contributed by atoms with Gasteiger partial charge in [0.2, 0.25) is 0 Å². The number of piperidine rings is 1. The van der Waals surface area contributed by atoms with Crippen molar-refractivity contribution in [1.29, 1.82) is 0 Å². The Morgan fingerprint density at radius 3 is 2.76 bits per heavy atom. The van der Waals surface area contributed by atoms with E-state index in [0.29, 0.717) is 12.1 Å². The number of nitrogens with one attached hydrogen (secondary N) is 1. The molecule has 3 unspecified atom stereocenters. The van der Waals surface area contributed by atoms with Crippen LogP contribution in [0.3, 0.4) is 0 Å². The number of benzene rings is 1. The van der Waals surface area contributed by atoms with E-state index in [4.69, 9.17) is 4.74 Å². The van der Waals surface area contributed by atoms with Crippen molar-refractivity contribution in [2.75, 3.05) is 27.2 Å². The van der Waals surface area contributed by atoms with Crippen LogP contribution in [0.5, 0.6) is 5.75 Å². The normalized spacial score (nSPS) is 24.8. The third-order valence-corrected chi connectivity index (χ3v) is 4.77. The fourth-order valence-electron chi connectivity index (χ4n) is 3.34. The van der Waals surface area contributed by atoms with Crippen LogP contribution in [0.25, 0.3) is 0 Å². The fourth-order valence-corrected chi connectivity index (χ4v) is 3.34.